The van der Waals surface area contributed by atoms with E-state index in [0.717, 1.165) is 37.8 Å². The van der Waals surface area contributed by atoms with Gasteiger partial charge in [-0.1, -0.05) is 6.07 Å². The smallest absolute Gasteiger partial charge is 0.243 e. The number of hydrogen-bond donors (Lipinski definition) is 0. The molecule has 0 radical (unpaired) electrons. The van der Waals surface area contributed by atoms with Gasteiger partial charge in [-0.2, -0.15) is 4.31 Å². The van der Waals surface area contributed by atoms with Crippen molar-refractivity contribution in [1.82, 2.24) is 14.1 Å². The molecule has 0 spiro atoms. The number of carbonyl (C=O) groups excluding carboxylic acids is 2. The molecule has 0 bridgehead atoms. The Morgan fingerprint density at radius 2 is 1.68 bits per heavy atom. The van der Waals surface area contributed by atoms with E-state index >= 15 is 0 Å². The zero-order chi connectivity index (χ0) is 19.7. The molecule has 2 saturated heterocycles. The number of likely N-dealkylation sites (tertiary alicyclic amines) is 1. The average molecular weight is 406 g/mol. The second-order valence-corrected chi connectivity index (χ2v) is 9.74. The summed E-state index contributed by atoms with van der Waals surface area (Å²) in [5.41, 5.74) is 2.40. The van der Waals surface area contributed by atoms with Gasteiger partial charge in [0, 0.05) is 52.1 Å². The maximum Gasteiger partial charge on any atom is 0.243 e. The molecular weight excluding hydrogens is 378 g/mol. The fourth-order valence-electron chi connectivity index (χ4n) is 4.36. The van der Waals surface area contributed by atoms with E-state index < -0.39 is 10.0 Å². The second-order valence-electron chi connectivity index (χ2n) is 7.80. The molecule has 8 heteroatoms. The highest BCUT2D eigenvalue weighted by Crippen LogP contribution is 2.26. The van der Waals surface area contributed by atoms with E-state index in [0.29, 0.717) is 50.5 Å². The zero-order valence-electron chi connectivity index (χ0n) is 16.1. The maximum absolute atomic E-state index is 13.0. The Labute approximate surface area is 166 Å². The summed E-state index contributed by atoms with van der Waals surface area (Å²) in [6, 6.07) is 5.47. The third-order valence-electron chi connectivity index (χ3n) is 6.07. The summed E-state index contributed by atoms with van der Waals surface area (Å²) >= 11 is 0. The van der Waals surface area contributed by atoms with Crippen LogP contribution >= 0.6 is 0 Å². The molecule has 2 heterocycles. The van der Waals surface area contributed by atoms with Crippen LogP contribution < -0.4 is 0 Å². The standard InChI is InChI=1S/C20H27N3O4S/c24-19-5-2-9-21(19)10-8-20(25)22-11-13-23(14-12-22)28(26,27)18-7-6-16-3-1-4-17(16)15-18/h6-7,15H,1-5,8-14H2. The molecule has 3 aliphatic rings. The van der Waals surface area contributed by atoms with Crippen LogP contribution in [0.25, 0.3) is 0 Å². The summed E-state index contributed by atoms with van der Waals surface area (Å²) in [5.74, 6) is 0.118. The molecule has 2 fully saturated rings. The molecule has 28 heavy (non-hydrogen) atoms. The van der Waals surface area contributed by atoms with Crippen molar-refractivity contribution in [3.05, 3.63) is 29.3 Å². The van der Waals surface area contributed by atoms with Crippen LogP contribution in [0.2, 0.25) is 0 Å². The van der Waals surface area contributed by atoms with Crippen molar-refractivity contribution in [3.63, 3.8) is 0 Å². The van der Waals surface area contributed by atoms with E-state index in [2.05, 4.69) is 0 Å². The largest absolute Gasteiger partial charge is 0.342 e. The summed E-state index contributed by atoms with van der Waals surface area (Å²) in [5, 5.41) is 0. The van der Waals surface area contributed by atoms with Crippen LogP contribution in [0.1, 0.15) is 36.8 Å². The van der Waals surface area contributed by atoms with Gasteiger partial charge in [-0.15, -0.1) is 0 Å². The van der Waals surface area contributed by atoms with Crippen LogP contribution in [0.5, 0.6) is 0 Å². The van der Waals surface area contributed by atoms with E-state index in [1.54, 1.807) is 15.9 Å². The van der Waals surface area contributed by atoms with Gasteiger partial charge in [0.2, 0.25) is 21.8 Å². The van der Waals surface area contributed by atoms with Crippen molar-refractivity contribution in [2.24, 2.45) is 0 Å². The second kappa shape index (κ2) is 7.83. The number of rotatable bonds is 5. The Kier molecular flexibility index (Phi) is 5.42. The van der Waals surface area contributed by atoms with Gasteiger partial charge in [-0.25, -0.2) is 8.42 Å². The summed E-state index contributed by atoms with van der Waals surface area (Å²) in [6.07, 6.45) is 4.81. The van der Waals surface area contributed by atoms with E-state index in [1.807, 2.05) is 12.1 Å². The summed E-state index contributed by atoms with van der Waals surface area (Å²) in [7, 11) is -3.52. The van der Waals surface area contributed by atoms with Crippen LogP contribution in [0.3, 0.4) is 0 Å². The SMILES string of the molecule is O=C1CCCN1CCC(=O)N1CCN(S(=O)(=O)c2ccc3c(c2)CCC3)CC1. The lowest BCUT2D eigenvalue weighted by Gasteiger charge is -2.34. The normalized spacial score (nSPS) is 20.6. The first kappa shape index (κ1) is 19.4. The summed E-state index contributed by atoms with van der Waals surface area (Å²) in [4.78, 5) is 27.9. The summed E-state index contributed by atoms with van der Waals surface area (Å²) < 4.78 is 27.4. The molecule has 0 N–H and O–H groups in total. The minimum atomic E-state index is -3.52. The molecule has 0 saturated carbocycles. The highest BCUT2D eigenvalue weighted by atomic mass is 32.2. The lowest BCUT2D eigenvalue weighted by Crippen LogP contribution is -2.50. The van der Waals surface area contributed by atoms with Crippen LogP contribution in [0, 0.1) is 0 Å². The van der Waals surface area contributed by atoms with E-state index in [4.69, 9.17) is 0 Å². The van der Waals surface area contributed by atoms with Crippen LogP contribution in [0.15, 0.2) is 23.1 Å². The number of hydrogen-bond acceptors (Lipinski definition) is 4. The first-order valence-electron chi connectivity index (χ1n) is 10.1. The number of nitrogens with zero attached hydrogens (tertiary/aromatic N) is 3. The van der Waals surface area contributed by atoms with Crippen LogP contribution in [-0.4, -0.2) is 73.6 Å². The molecule has 4 rings (SSSR count). The number of benzene rings is 1. The zero-order valence-corrected chi connectivity index (χ0v) is 16.9. The molecule has 0 unspecified atom stereocenters. The third-order valence-corrected chi connectivity index (χ3v) is 7.96. The average Bonchev–Trinajstić information content (AvgIpc) is 3.34. The Balaban J connectivity index is 1.33. The molecule has 7 nitrogen and oxygen atoms in total. The fourth-order valence-corrected chi connectivity index (χ4v) is 5.84. The van der Waals surface area contributed by atoms with Crippen molar-refractivity contribution in [1.29, 1.82) is 0 Å². The predicted molar refractivity (Wildman–Crippen MR) is 104 cm³/mol. The summed E-state index contributed by atoms with van der Waals surface area (Å²) in [6.45, 7) is 2.62. The van der Waals surface area contributed by atoms with E-state index in [1.165, 1.54) is 9.87 Å². The quantitative estimate of drug-likeness (QED) is 0.733. The lowest BCUT2D eigenvalue weighted by molar-refractivity contribution is -0.133. The van der Waals surface area contributed by atoms with Crippen molar-refractivity contribution in [2.75, 3.05) is 39.3 Å². The molecular formula is C20H27N3O4S. The number of sulfonamides is 1. The molecule has 2 amide bonds. The number of amides is 2. The highest BCUT2D eigenvalue weighted by molar-refractivity contribution is 7.89. The van der Waals surface area contributed by atoms with Gasteiger partial charge in [0.15, 0.2) is 0 Å². The van der Waals surface area contributed by atoms with Gasteiger partial charge < -0.3 is 9.80 Å². The Morgan fingerprint density at radius 1 is 0.929 bits per heavy atom. The number of carbonyl (C=O) groups is 2. The van der Waals surface area contributed by atoms with Crippen molar-refractivity contribution in [3.8, 4) is 0 Å². The van der Waals surface area contributed by atoms with Gasteiger partial charge in [0.25, 0.3) is 0 Å². The van der Waals surface area contributed by atoms with Gasteiger partial charge in [0.05, 0.1) is 4.90 Å². The molecule has 1 aliphatic carbocycles. The topological polar surface area (TPSA) is 78.0 Å². The maximum atomic E-state index is 13.0. The van der Waals surface area contributed by atoms with Crippen molar-refractivity contribution >= 4 is 21.8 Å². The monoisotopic (exact) mass is 405 g/mol. The lowest BCUT2D eigenvalue weighted by atomic mass is 10.1. The third kappa shape index (κ3) is 3.80. The molecule has 1 aromatic carbocycles. The number of fused-ring (bicyclic) bond motifs is 1. The minimum Gasteiger partial charge on any atom is -0.342 e. The van der Waals surface area contributed by atoms with Crippen molar-refractivity contribution in [2.45, 2.75) is 43.4 Å². The van der Waals surface area contributed by atoms with E-state index in [-0.39, 0.29) is 11.8 Å². The highest BCUT2D eigenvalue weighted by Gasteiger charge is 2.31. The fraction of sp³-hybridized carbons (Fsp3) is 0.600. The molecule has 2 aliphatic heterocycles. The first-order valence-corrected chi connectivity index (χ1v) is 11.6. The van der Waals surface area contributed by atoms with Gasteiger partial charge >= 0.3 is 0 Å². The van der Waals surface area contributed by atoms with E-state index in [9.17, 15) is 18.0 Å². The van der Waals surface area contributed by atoms with Gasteiger partial charge in [-0.3, -0.25) is 9.59 Å². The predicted octanol–water partition coefficient (Wildman–Crippen LogP) is 1.02. The first-order chi connectivity index (χ1) is 13.4. The molecule has 1 aromatic rings. The van der Waals surface area contributed by atoms with Gasteiger partial charge in [-0.05, 0) is 48.9 Å². The number of piperazine rings is 1. The Morgan fingerprint density at radius 3 is 2.39 bits per heavy atom. The Bertz CT molecular complexity index is 875. The molecule has 152 valence electrons. The van der Waals surface area contributed by atoms with Crippen LogP contribution in [-0.2, 0) is 32.5 Å². The van der Waals surface area contributed by atoms with Crippen molar-refractivity contribution < 1.29 is 18.0 Å². The van der Waals surface area contributed by atoms with Crippen LogP contribution in [0.4, 0.5) is 0 Å². The molecule has 0 atom stereocenters. The minimum absolute atomic E-state index is 0.00530. The van der Waals surface area contributed by atoms with Gasteiger partial charge in [0.1, 0.15) is 0 Å². The Hall–Kier alpha value is -1.93. The molecule has 0 aromatic heterocycles. The number of aryl methyl sites for hydroxylation is 2.